The molecule has 0 atom stereocenters. The van der Waals surface area contributed by atoms with E-state index in [1.165, 1.54) is 25.5 Å². The van der Waals surface area contributed by atoms with Crippen molar-refractivity contribution in [3.05, 3.63) is 35.4 Å². The van der Waals surface area contributed by atoms with Gasteiger partial charge in [-0.25, -0.2) is 9.59 Å². The minimum Gasteiger partial charge on any atom is -0.465 e. The fourth-order valence-electron chi connectivity index (χ4n) is 3.42. The Morgan fingerprint density at radius 1 is 1.07 bits per heavy atom. The minimum atomic E-state index is -0.428. The highest BCUT2D eigenvalue weighted by atomic mass is 16.6. The van der Waals surface area contributed by atoms with Crippen molar-refractivity contribution in [2.45, 2.75) is 64.9 Å². The van der Waals surface area contributed by atoms with Crippen LogP contribution in [0.3, 0.4) is 0 Å². The second kappa shape index (κ2) is 9.77. The summed E-state index contributed by atoms with van der Waals surface area (Å²) in [5.41, 5.74) is 1.42. The first kappa shape index (κ1) is 21.3. The van der Waals surface area contributed by atoms with Crippen LogP contribution in [-0.4, -0.2) is 42.8 Å². The predicted octanol–water partition coefficient (Wildman–Crippen LogP) is 4.83. The first-order valence-electron chi connectivity index (χ1n) is 9.93. The zero-order valence-electron chi connectivity index (χ0n) is 17.1. The lowest BCUT2D eigenvalue weighted by Gasteiger charge is -2.33. The molecular weight excluding hydrogens is 342 g/mol. The quantitative estimate of drug-likeness (QED) is 0.528. The average molecular weight is 376 g/mol. The van der Waals surface area contributed by atoms with Crippen LogP contribution in [-0.2, 0) is 15.9 Å². The molecule has 1 heterocycles. The minimum absolute atomic E-state index is 0.184. The summed E-state index contributed by atoms with van der Waals surface area (Å²) in [6.45, 7) is 7.31. The molecule has 1 aromatic rings. The van der Waals surface area contributed by atoms with Crippen LogP contribution in [0, 0.1) is 5.92 Å². The third-order valence-corrected chi connectivity index (χ3v) is 4.97. The maximum absolute atomic E-state index is 12.1. The molecule has 150 valence electrons. The van der Waals surface area contributed by atoms with Gasteiger partial charge < -0.3 is 14.4 Å². The van der Waals surface area contributed by atoms with Crippen LogP contribution < -0.4 is 0 Å². The number of nitrogens with zero attached hydrogens (tertiary/aromatic N) is 1. The summed E-state index contributed by atoms with van der Waals surface area (Å²) in [7, 11) is 1.40. The van der Waals surface area contributed by atoms with Crippen molar-refractivity contribution < 1.29 is 19.1 Å². The second-order valence-electron chi connectivity index (χ2n) is 8.35. The van der Waals surface area contributed by atoms with Crippen molar-refractivity contribution in [3.63, 3.8) is 0 Å². The van der Waals surface area contributed by atoms with E-state index in [2.05, 4.69) is 0 Å². The number of rotatable bonds is 6. The lowest BCUT2D eigenvalue weighted by atomic mass is 9.91. The number of carbonyl (C=O) groups is 2. The largest absolute Gasteiger partial charge is 0.465 e. The van der Waals surface area contributed by atoms with Crippen molar-refractivity contribution in [3.8, 4) is 0 Å². The first-order chi connectivity index (χ1) is 12.8. The lowest BCUT2D eigenvalue weighted by Crippen LogP contribution is -2.41. The summed E-state index contributed by atoms with van der Waals surface area (Å²) >= 11 is 0. The van der Waals surface area contributed by atoms with Gasteiger partial charge in [0.05, 0.1) is 12.7 Å². The van der Waals surface area contributed by atoms with Crippen LogP contribution in [0.2, 0.25) is 0 Å². The first-order valence-corrected chi connectivity index (χ1v) is 9.93. The second-order valence-corrected chi connectivity index (χ2v) is 8.35. The van der Waals surface area contributed by atoms with Gasteiger partial charge in [0.1, 0.15) is 5.60 Å². The number of hydrogen-bond donors (Lipinski definition) is 0. The molecule has 1 amide bonds. The molecule has 0 saturated carbocycles. The number of benzene rings is 1. The number of unbranched alkanes of at least 4 members (excludes halogenated alkanes) is 1. The number of likely N-dealkylation sites (tertiary alicyclic amines) is 1. The highest BCUT2D eigenvalue weighted by Crippen LogP contribution is 2.24. The van der Waals surface area contributed by atoms with Crippen LogP contribution in [0.15, 0.2) is 24.3 Å². The molecule has 1 saturated heterocycles. The Balaban J connectivity index is 1.63. The topological polar surface area (TPSA) is 55.8 Å². The van der Waals surface area contributed by atoms with Crippen LogP contribution in [0.25, 0.3) is 0 Å². The Morgan fingerprint density at radius 2 is 1.70 bits per heavy atom. The molecule has 1 aliphatic heterocycles. The van der Waals surface area contributed by atoms with Gasteiger partial charge in [0, 0.05) is 13.1 Å². The SMILES string of the molecule is COC(=O)c1ccc(CCCCC2CCN(C(=O)OC(C)(C)C)CC2)cc1. The van der Waals surface area contributed by atoms with Gasteiger partial charge in [-0.05, 0) is 70.1 Å². The van der Waals surface area contributed by atoms with Gasteiger partial charge in [-0.3, -0.25) is 0 Å². The monoisotopic (exact) mass is 375 g/mol. The molecule has 1 aliphatic rings. The standard InChI is InChI=1S/C22H33NO4/c1-22(2,3)27-21(25)23-15-13-18(14-16-23)8-6-5-7-17-9-11-19(12-10-17)20(24)26-4/h9-12,18H,5-8,13-16H2,1-4H3. The highest BCUT2D eigenvalue weighted by Gasteiger charge is 2.26. The van der Waals surface area contributed by atoms with Crippen LogP contribution in [0.5, 0.6) is 0 Å². The maximum Gasteiger partial charge on any atom is 0.410 e. The number of amides is 1. The Kier molecular flexibility index (Phi) is 7.69. The van der Waals surface area contributed by atoms with E-state index in [1.54, 1.807) is 0 Å². The highest BCUT2D eigenvalue weighted by molar-refractivity contribution is 5.89. The number of carbonyl (C=O) groups excluding carboxylic acids is 2. The molecule has 0 aromatic heterocycles. The van der Waals surface area contributed by atoms with Crippen molar-refractivity contribution >= 4 is 12.1 Å². The van der Waals surface area contributed by atoms with E-state index in [4.69, 9.17) is 9.47 Å². The normalized spacial score (nSPS) is 15.5. The molecule has 27 heavy (non-hydrogen) atoms. The van der Waals surface area contributed by atoms with Gasteiger partial charge in [-0.1, -0.05) is 25.0 Å². The number of ether oxygens (including phenoxy) is 2. The molecule has 1 fully saturated rings. The summed E-state index contributed by atoms with van der Waals surface area (Å²) in [5, 5.41) is 0. The van der Waals surface area contributed by atoms with E-state index in [9.17, 15) is 9.59 Å². The Bertz CT molecular complexity index is 610. The third-order valence-electron chi connectivity index (χ3n) is 4.97. The molecule has 1 aromatic carbocycles. The van der Waals surface area contributed by atoms with E-state index in [-0.39, 0.29) is 12.1 Å². The predicted molar refractivity (Wildman–Crippen MR) is 106 cm³/mol. The molecule has 2 rings (SSSR count). The van der Waals surface area contributed by atoms with Crippen molar-refractivity contribution in [2.24, 2.45) is 5.92 Å². The molecule has 0 radical (unpaired) electrons. The summed E-state index contributed by atoms with van der Waals surface area (Å²) < 4.78 is 10.2. The third kappa shape index (κ3) is 7.24. The molecule has 0 aliphatic carbocycles. The Hall–Kier alpha value is -2.04. The van der Waals surface area contributed by atoms with E-state index in [0.29, 0.717) is 11.5 Å². The molecule has 0 N–H and O–H groups in total. The molecule has 0 bridgehead atoms. The summed E-state index contributed by atoms with van der Waals surface area (Å²) in [4.78, 5) is 25.4. The molecule has 0 unspecified atom stereocenters. The van der Waals surface area contributed by atoms with Gasteiger partial charge in [0.15, 0.2) is 0 Å². The van der Waals surface area contributed by atoms with Gasteiger partial charge >= 0.3 is 12.1 Å². The molecule has 5 nitrogen and oxygen atoms in total. The molecule has 5 heteroatoms. The number of aryl methyl sites for hydroxylation is 1. The Labute approximate surface area is 163 Å². The fourth-order valence-corrected chi connectivity index (χ4v) is 3.42. The Morgan fingerprint density at radius 3 is 2.26 bits per heavy atom. The van der Waals surface area contributed by atoms with Crippen molar-refractivity contribution in [1.82, 2.24) is 4.90 Å². The van der Waals surface area contributed by atoms with E-state index in [0.717, 1.165) is 38.8 Å². The maximum atomic E-state index is 12.1. The van der Waals surface area contributed by atoms with E-state index < -0.39 is 5.60 Å². The summed E-state index contributed by atoms with van der Waals surface area (Å²) in [5.74, 6) is 0.407. The molecular formula is C22H33NO4. The van der Waals surface area contributed by atoms with Gasteiger partial charge in [-0.2, -0.15) is 0 Å². The number of esters is 1. The molecule has 0 spiro atoms. The van der Waals surface area contributed by atoms with Crippen LogP contribution in [0.1, 0.15) is 68.8 Å². The van der Waals surface area contributed by atoms with Gasteiger partial charge in [0.2, 0.25) is 0 Å². The number of piperidine rings is 1. The fraction of sp³-hybridized carbons (Fsp3) is 0.636. The van der Waals surface area contributed by atoms with E-state index >= 15 is 0 Å². The van der Waals surface area contributed by atoms with Gasteiger partial charge in [0.25, 0.3) is 0 Å². The zero-order valence-corrected chi connectivity index (χ0v) is 17.1. The number of hydrogen-bond acceptors (Lipinski definition) is 4. The van der Waals surface area contributed by atoms with E-state index in [1.807, 2.05) is 49.9 Å². The van der Waals surface area contributed by atoms with Crippen LogP contribution >= 0.6 is 0 Å². The van der Waals surface area contributed by atoms with Crippen molar-refractivity contribution in [1.29, 1.82) is 0 Å². The average Bonchev–Trinajstić information content (AvgIpc) is 2.64. The lowest BCUT2D eigenvalue weighted by molar-refractivity contribution is 0.0180. The van der Waals surface area contributed by atoms with Crippen molar-refractivity contribution in [2.75, 3.05) is 20.2 Å². The van der Waals surface area contributed by atoms with Gasteiger partial charge in [-0.15, -0.1) is 0 Å². The zero-order chi connectivity index (χ0) is 19.9. The number of methoxy groups -OCH3 is 1. The van der Waals surface area contributed by atoms with Crippen LogP contribution in [0.4, 0.5) is 4.79 Å². The summed E-state index contributed by atoms with van der Waals surface area (Å²) in [6.07, 6.45) is 6.51. The smallest absolute Gasteiger partial charge is 0.410 e. The summed E-state index contributed by atoms with van der Waals surface area (Å²) in [6, 6.07) is 7.66.